The quantitative estimate of drug-likeness (QED) is 0.623. The van der Waals surface area contributed by atoms with Gasteiger partial charge in [0.1, 0.15) is 0 Å². The number of carbonyl (C=O) groups is 1. The van der Waals surface area contributed by atoms with E-state index >= 15 is 0 Å². The van der Waals surface area contributed by atoms with E-state index in [1.54, 1.807) is 0 Å². The molecule has 122 valence electrons. The average Bonchev–Trinajstić information content (AvgIpc) is 2.40. The van der Waals surface area contributed by atoms with Gasteiger partial charge < -0.3 is 0 Å². The summed E-state index contributed by atoms with van der Waals surface area (Å²) >= 11 is 0. The Balaban J connectivity index is 0.00000288. The predicted molar refractivity (Wildman–Crippen MR) is 103 cm³/mol. The normalized spacial score (nSPS) is 11.6. The van der Waals surface area contributed by atoms with Crippen LogP contribution in [0.4, 0.5) is 0 Å². The molecule has 0 saturated carbocycles. The summed E-state index contributed by atoms with van der Waals surface area (Å²) in [6.45, 7) is 14.9. The maximum Gasteiger partial charge on any atom is 1.00 e. The molecule has 0 saturated heterocycles. The molecule has 0 amide bonds. The summed E-state index contributed by atoms with van der Waals surface area (Å²) in [6, 6.07) is 10.7. The minimum atomic E-state index is 0. The van der Waals surface area contributed by atoms with E-state index in [9.17, 15) is 4.79 Å². The van der Waals surface area contributed by atoms with Crippen LogP contribution >= 0.6 is 8.58 Å². The van der Waals surface area contributed by atoms with Crippen LogP contribution in [0.15, 0.2) is 30.3 Å². The summed E-state index contributed by atoms with van der Waals surface area (Å²) < 4.78 is 0. The third-order valence-electron chi connectivity index (χ3n) is 4.26. The molecule has 1 unspecified atom stereocenters. The molecule has 1 nitrogen and oxygen atoms in total. The molecule has 0 spiro atoms. The Kier molecular flexibility index (Phi) is 7.07. The zero-order valence-corrected chi connectivity index (χ0v) is 17.3. The summed E-state index contributed by atoms with van der Waals surface area (Å²) in [7, 11) is 0.188. The average molecular weight is 333 g/mol. The van der Waals surface area contributed by atoms with E-state index in [0.29, 0.717) is 0 Å². The van der Waals surface area contributed by atoms with Crippen LogP contribution in [0.1, 0.15) is 58.9 Å². The summed E-state index contributed by atoms with van der Waals surface area (Å²) in [5, 5.41) is 1.15. The van der Waals surface area contributed by atoms with E-state index in [4.69, 9.17) is 0 Å². The van der Waals surface area contributed by atoms with Crippen LogP contribution in [-0.4, -0.2) is 5.52 Å². The first-order chi connectivity index (χ1) is 10.6. The number of hydrogen-bond acceptors (Lipinski definition) is 1. The van der Waals surface area contributed by atoms with Gasteiger partial charge in [0.2, 0.25) is 0 Å². The largest absolute Gasteiger partial charge is 1.00 e. The molecule has 0 aromatic heterocycles. The van der Waals surface area contributed by atoms with Crippen molar-refractivity contribution in [2.24, 2.45) is 0 Å². The number of carbonyl (C=O) groups excluding carboxylic acids is 1. The van der Waals surface area contributed by atoms with Crippen molar-refractivity contribution in [3.8, 4) is 0 Å². The van der Waals surface area contributed by atoms with E-state index in [1.165, 1.54) is 16.7 Å². The van der Waals surface area contributed by atoms with E-state index in [-0.39, 0.29) is 38.4 Å². The second-order valence-corrected chi connectivity index (χ2v) is 8.75. The van der Waals surface area contributed by atoms with Gasteiger partial charge in [0, 0.05) is 5.56 Å². The molecule has 1 atom stereocenters. The molecular formula is C21H27LiOP+. The second kappa shape index (κ2) is 8.01. The molecule has 2 rings (SSSR count). The van der Waals surface area contributed by atoms with E-state index in [0.717, 1.165) is 22.0 Å². The first-order valence-electron chi connectivity index (χ1n) is 8.10. The molecule has 0 heterocycles. The summed E-state index contributed by atoms with van der Waals surface area (Å²) in [5.41, 5.74) is 7.17. The van der Waals surface area contributed by atoms with Gasteiger partial charge in [-0.25, -0.2) is 0 Å². The molecule has 3 heteroatoms. The monoisotopic (exact) mass is 333 g/mol. The minimum Gasteiger partial charge on any atom is -0.289 e. The van der Waals surface area contributed by atoms with Crippen LogP contribution < -0.4 is 24.2 Å². The van der Waals surface area contributed by atoms with Crippen molar-refractivity contribution in [2.75, 3.05) is 0 Å². The van der Waals surface area contributed by atoms with Crippen molar-refractivity contribution in [1.29, 1.82) is 0 Å². The van der Waals surface area contributed by atoms with Crippen LogP contribution in [0.3, 0.4) is 0 Å². The second-order valence-electron chi connectivity index (χ2n) is 7.51. The Hall–Kier alpha value is -0.863. The van der Waals surface area contributed by atoms with Crippen molar-refractivity contribution in [1.82, 2.24) is 0 Å². The van der Waals surface area contributed by atoms with Gasteiger partial charge in [-0.05, 0) is 69.2 Å². The third kappa shape index (κ3) is 4.83. The van der Waals surface area contributed by atoms with E-state index < -0.39 is 0 Å². The summed E-state index contributed by atoms with van der Waals surface area (Å²) in [4.78, 5) is 12.9. The topological polar surface area (TPSA) is 17.1 Å². The Morgan fingerprint density at radius 2 is 1.42 bits per heavy atom. The smallest absolute Gasteiger partial charge is 0.289 e. The Bertz CT molecular complexity index is 734. The fourth-order valence-corrected chi connectivity index (χ4v) is 4.09. The van der Waals surface area contributed by atoms with Crippen molar-refractivity contribution in [3.63, 3.8) is 0 Å². The maximum absolute atomic E-state index is 12.9. The van der Waals surface area contributed by atoms with Gasteiger partial charge in [-0.15, -0.1) is 0 Å². The first kappa shape index (κ1) is 21.2. The van der Waals surface area contributed by atoms with Gasteiger partial charge >= 0.3 is 18.9 Å². The standard InChI is InChI=1S/C21H27OP.Li/c1-13-8-9-18(14(2)10-13)23-20(22)19-15(3)11-17(12-16(19)4)21(5,6)7;/h8-12,23H,1-7H3;/q;+1. The van der Waals surface area contributed by atoms with Crippen LogP contribution in [0.5, 0.6) is 0 Å². The molecule has 0 aliphatic carbocycles. The fourth-order valence-electron chi connectivity index (χ4n) is 2.89. The maximum atomic E-state index is 12.9. The SMILES string of the molecule is Cc1ccc(PC(=O)c2c(C)cc(C(C)(C)C)cc2C)c(C)c1.[Li+]. The van der Waals surface area contributed by atoms with E-state index in [2.05, 4.69) is 78.8 Å². The minimum absolute atomic E-state index is 0. The van der Waals surface area contributed by atoms with Crippen LogP contribution in [-0.2, 0) is 5.41 Å². The van der Waals surface area contributed by atoms with Gasteiger partial charge in [-0.2, -0.15) is 0 Å². The van der Waals surface area contributed by atoms with Crippen molar-refractivity contribution in [2.45, 2.75) is 53.9 Å². The zero-order valence-electron chi connectivity index (χ0n) is 16.3. The van der Waals surface area contributed by atoms with Gasteiger partial charge in [0.15, 0.2) is 5.52 Å². The van der Waals surface area contributed by atoms with Crippen molar-refractivity contribution in [3.05, 3.63) is 63.7 Å². The molecule has 0 radical (unpaired) electrons. The number of rotatable bonds is 3. The molecule has 0 bridgehead atoms. The van der Waals surface area contributed by atoms with Crippen LogP contribution in [0.25, 0.3) is 0 Å². The van der Waals surface area contributed by atoms with Crippen LogP contribution in [0, 0.1) is 27.7 Å². The summed E-state index contributed by atoms with van der Waals surface area (Å²) in [5.74, 6) is 0. The molecule has 24 heavy (non-hydrogen) atoms. The van der Waals surface area contributed by atoms with Gasteiger partial charge in [0.25, 0.3) is 0 Å². The Morgan fingerprint density at radius 3 is 1.88 bits per heavy atom. The van der Waals surface area contributed by atoms with E-state index in [1.807, 2.05) is 0 Å². The molecule has 0 N–H and O–H groups in total. The molecule has 0 aliphatic heterocycles. The van der Waals surface area contributed by atoms with Crippen molar-refractivity contribution >= 4 is 19.4 Å². The van der Waals surface area contributed by atoms with Gasteiger partial charge in [0.05, 0.1) is 0 Å². The zero-order chi connectivity index (χ0) is 17.4. The van der Waals surface area contributed by atoms with Gasteiger partial charge in [-0.1, -0.05) is 56.7 Å². The number of hydrogen-bond donors (Lipinski definition) is 0. The Labute approximate surface area is 160 Å². The molecule has 2 aromatic carbocycles. The third-order valence-corrected chi connectivity index (χ3v) is 5.56. The fraction of sp³-hybridized carbons (Fsp3) is 0.381. The van der Waals surface area contributed by atoms with Crippen LogP contribution in [0.2, 0.25) is 0 Å². The molecule has 2 aromatic rings. The predicted octanol–water partition coefficient (Wildman–Crippen LogP) is 2.37. The molecule has 0 fully saturated rings. The number of aryl methyl sites for hydroxylation is 4. The van der Waals surface area contributed by atoms with Gasteiger partial charge in [-0.3, -0.25) is 4.79 Å². The molecular weight excluding hydrogens is 306 g/mol. The summed E-state index contributed by atoms with van der Waals surface area (Å²) in [6.07, 6.45) is 0. The first-order valence-corrected chi connectivity index (χ1v) is 9.10. The number of benzene rings is 2. The van der Waals surface area contributed by atoms with Crippen molar-refractivity contribution < 1.29 is 23.7 Å². The Morgan fingerprint density at radius 1 is 0.875 bits per heavy atom. The molecule has 0 aliphatic rings.